The highest BCUT2D eigenvalue weighted by atomic mass is 16.2. The zero-order valence-electron chi connectivity index (χ0n) is 10.7. The topological polar surface area (TPSA) is 38.8 Å². The molecule has 1 heterocycles. The zero-order valence-corrected chi connectivity index (χ0v) is 10.7. The Kier molecular flexibility index (Phi) is 3.04. The van der Waals surface area contributed by atoms with Crippen LogP contribution in [0.3, 0.4) is 0 Å². The maximum absolute atomic E-state index is 12.0. The highest BCUT2D eigenvalue weighted by Gasteiger charge is 2.26. The minimum absolute atomic E-state index is 0.0522. The third-order valence-corrected chi connectivity index (χ3v) is 2.90. The van der Waals surface area contributed by atoms with Crippen LogP contribution in [-0.2, 0) is 6.54 Å². The van der Waals surface area contributed by atoms with Crippen molar-refractivity contribution in [2.45, 2.75) is 6.54 Å². The molecule has 1 N–H and O–H groups in total. The van der Waals surface area contributed by atoms with E-state index in [4.69, 9.17) is 0 Å². The molecule has 1 aliphatic heterocycles. The average molecular weight is 234 g/mol. The summed E-state index contributed by atoms with van der Waals surface area (Å²) in [4.78, 5) is 14.0. The van der Waals surface area contributed by atoms with Crippen LogP contribution in [0, 0.1) is 0 Å². The van der Waals surface area contributed by atoms with E-state index in [9.17, 15) is 4.79 Å². The Morgan fingerprint density at radius 1 is 1.24 bits per heavy atom. The lowest BCUT2D eigenvalue weighted by atomic mass is 10.0. The molecule has 1 amide bonds. The second-order valence-electron chi connectivity index (χ2n) is 4.54. The van der Waals surface area contributed by atoms with Gasteiger partial charge < -0.3 is 4.90 Å². The predicted octanol–water partition coefficient (Wildman–Crippen LogP) is 0.690. The molecule has 0 fully saturated rings. The van der Waals surface area contributed by atoms with Crippen LogP contribution in [0.25, 0.3) is 0 Å². The van der Waals surface area contributed by atoms with Gasteiger partial charge in [0, 0.05) is 45.0 Å². The van der Waals surface area contributed by atoms with Crippen LogP contribution in [-0.4, -0.2) is 44.2 Å². The van der Waals surface area contributed by atoms with E-state index in [2.05, 4.69) is 5.43 Å². The minimum atomic E-state index is -0.0522. The molecule has 1 aliphatic rings. The Bertz CT molecular complexity index is 442. The normalized spacial score (nSPS) is 15.7. The smallest absolute Gasteiger partial charge is 0.267 e. The number of hydrazine groups is 2. The van der Waals surface area contributed by atoms with Crippen molar-refractivity contribution in [3.8, 4) is 0 Å². The van der Waals surface area contributed by atoms with Gasteiger partial charge in [-0.3, -0.25) is 10.2 Å². The molecule has 0 atom stereocenters. The van der Waals surface area contributed by atoms with Crippen molar-refractivity contribution in [2.24, 2.45) is 0 Å². The molecule has 2 rings (SSSR count). The number of hydrogen-bond acceptors (Lipinski definition) is 4. The molecule has 0 aliphatic carbocycles. The largest absolute Gasteiger partial charge is 0.377 e. The van der Waals surface area contributed by atoms with Crippen molar-refractivity contribution in [1.82, 2.24) is 15.6 Å². The lowest BCUT2D eigenvalue weighted by molar-refractivity contribution is -0.0339. The quantitative estimate of drug-likeness (QED) is 0.817. The maximum atomic E-state index is 12.0. The van der Waals surface area contributed by atoms with Crippen molar-refractivity contribution < 1.29 is 4.79 Å². The first kappa shape index (κ1) is 11.9. The number of nitrogens with zero attached hydrogens (tertiary/aromatic N) is 3. The van der Waals surface area contributed by atoms with E-state index in [1.165, 1.54) is 0 Å². The molecule has 17 heavy (non-hydrogen) atoms. The number of carbonyl (C=O) groups is 1. The van der Waals surface area contributed by atoms with Crippen molar-refractivity contribution in [3.63, 3.8) is 0 Å². The molecular formula is C12H18N4O. The number of amides is 1. The molecule has 92 valence electrons. The van der Waals surface area contributed by atoms with Gasteiger partial charge in [-0.2, -0.15) is 0 Å². The van der Waals surface area contributed by atoms with Crippen LogP contribution in [0.2, 0.25) is 0 Å². The summed E-state index contributed by atoms with van der Waals surface area (Å²) in [6, 6.07) is 5.81. The second kappa shape index (κ2) is 4.35. The highest BCUT2D eigenvalue weighted by Crippen LogP contribution is 2.26. The van der Waals surface area contributed by atoms with E-state index in [0.29, 0.717) is 6.54 Å². The van der Waals surface area contributed by atoms with Crippen molar-refractivity contribution >= 4 is 11.6 Å². The summed E-state index contributed by atoms with van der Waals surface area (Å²) < 4.78 is 0. The number of carbonyl (C=O) groups excluding carboxylic acids is 1. The van der Waals surface area contributed by atoms with E-state index in [1.807, 2.05) is 56.3 Å². The third-order valence-electron chi connectivity index (χ3n) is 2.90. The summed E-state index contributed by atoms with van der Waals surface area (Å²) in [7, 11) is 7.79. The zero-order chi connectivity index (χ0) is 12.6. The Hall–Kier alpha value is -1.59. The fourth-order valence-corrected chi connectivity index (χ4v) is 1.98. The molecule has 1 aromatic rings. The van der Waals surface area contributed by atoms with Gasteiger partial charge in [0.2, 0.25) is 0 Å². The Morgan fingerprint density at radius 3 is 2.53 bits per heavy atom. The maximum Gasteiger partial charge on any atom is 0.267 e. The summed E-state index contributed by atoms with van der Waals surface area (Å²) in [6.45, 7) is 0.683. The standard InChI is InChI=1S/C12H18N4O/c1-14(2)11-7-5-6-9-10(11)8-16(15(3)4)13-12(9)17/h5-7H,8H2,1-4H3,(H,13,17). The first-order valence-corrected chi connectivity index (χ1v) is 5.55. The van der Waals surface area contributed by atoms with E-state index >= 15 is 0 Å². The lowest BCUT2D eigenvalue weighted by Crippen LogP contribution is -2.52. The molecule has 0 spiro atoms. The van der Waals surface area contributed by atoms with E-state index in [0.717, 1.165) is 16.8 Å². The molecule has 0 aromatic heterocycles. The molecule has 5 nitrogen and oxygen atoms in total. The van der Waals surface area contributed by atoms with Gasteiger partial charge in [0.15, 0.2) is 0 Å². The van der Waals surface area contributed by atoms with Gasteiger partial charge in [0.05, 0.1) is 6.54 Å². The Morgan fingerprint density at radius 2 is 1.94 bits per heavy atom. The Labute approximate surface area is 102 Å². The van der Waals surface area contributed by atoms with Gasteiger partial charge >= 0.3 is 0 Å². The van der Waals surface area contributed by atoms with Crippen LogP contribution in [0.1, 0.15) is 15.9 Å². The first-order chi connectivity index (χ1) is 8.00. The van der Waals surface area contributed by atoms with Crippen LogP contribution >= 0.6 is 0 Å². The van der Waals surface area contributed by atoms with E-state index in [1.54, 1.807) is 5.12 Å². The van der Waals surface area contributed by atoms with E-state index < -0.39 is 0 Å². The number of rotatable bonds is 2. The van der Waals surface area contributed by atoms with Gasteiger partial charge in [0.25, 0.3) is 5.91 Å². The molecule has 0 saturated carbocycles. The third kappa shape index (κ3) is 2.11. The van der Waals surface area contributed by atoms with Crippen molar-refractivity contribution in [3.05, 3.63) is 29.3 Å². The molecule has 5 heteroatoms. The van der Waals surface area contributed by atoms with Crippen LogP contribution in [0.5, 0.6) is 0 Å². The summed E-state index contributed by atoms with van der Waals surface area (Å²) in [5, 5.41) is 3.67. The van der Waals surface area contributed by atoms with Gasteiger partial charge in [-0.15, -0.1) is 5.12 Å². The number of hydrogen-bond donors (Lipinski definition) is 1. The number of anilines is 1. The molecule has 1 aromatic carbocycles. The fraction of sp³-hybridized carbons (Fsp3) is 0.417. The molecule has 0 bridgehead atoms. The first-order valence-electron chi connectivity index (χ1n) is 5.55. The van der Waals surface area contributed by atoms with Crippen LogP contribution in [0.4, 0.5) is 5.69 Å². The monoisotopic (exact) mass is 234 g/mol. The number of nitrogens with one attached hydrogen (secondary N) is 1. The summed E-state index contributed by atoms with van der Waals surface area (Å²) in [6.07, 6.45) is 0. The molecule has 0 unspecified atom stereocenters. The second-order valence-corrected chi connectivity index (χ2v) is 4.54. The summed E-state index contributed by atoms with van der Waals surface area (Å²) >= 11 is 0. The lowest BCUT2D eigenvalue weighted by Gasteiger charge is -2.35. The van der Waals surface area contributed by atoms with Gasteiger partial charge in [0.1, 0.15) is 0 Å². The average Bonchev–Trinajstić information content (AvgIpc) is 2.27. The highest BCUT2D eigenvalue weighted by molar-refractivity contribution is 5.97. The molecule has 0 radical (unpaired) electrons. The fourth-order valence-electron chi connectivity index (χ4n) is 1.98. The van der Waals surface area contributed by atoms with Gasteiger partial charge in [-0.05, 0) is 12.1 Å². The van der Waals surface area contributed by atoms with Gasteiger partial charge in [-0.25, -0.2) is 5.01 Å². The van der Waals surface area contributed by atoms with Crippen molar-refractivity contribution in [2.75, 3.05) is 33.1 Å². The summed E-state index contributed by atoms with van der Waals surface area (Å²) in [5.41, 5.74) is 5.75. The van der Waals surface area contributed by atoms with Gasteiger partial charge in [-0.1, -0.05) is 6.07 Å². The predicted molar refractivity (Wildman–Crippen MR) is 67.5 cm³/mol. The number of benzene rings is 1. The number of fused-ring (bicyclic) bond motifs is 1. The van der Waals surface area contributed by atoms with Crippen molar-refractivity contribution in [1.29, 1.82) is 0 Å². The molecule has 0 saturated heterocycles. The summed E-state index contributed by atoms with van der Waals surface area (Å²) in [5.74, 6) is -0.0522. The van der Waals surface area contributed by atoms with E-state index in [-0.39, 0.29) is 5.91 Å². The Balaban J connectivity index is 2.46. The van der Waals surface area contributed by atoms with Crippen LogP contribution in [0.15, 0.2) is 18.2 Å². The van der Waals surface area contributed by atoms with Crippen LogP contribution < -0.4 is 10.3 Å². The SMILES string of the molecule is CN(C)c1cccc2c1CN(N(C)C)NC2=O. The molecular weight excluding hydrogens is 216 g/mol. The minimum Gasteiger partial charge on any atom is -0.377 e.